The van der Waals surface area contributed by atoms with Crippen molar-refractivity contribution in [2.45, 2.75) is 77.9 Å². The molecule has 4 nitrogen and oxygen atoms in total. The molecule has 1 aromatic heterocycles. The van der Waals surface area contributed by atoms with Crippen molar-refractivity contribution in [3.05, 3.63) is 18.1 Å². The van der Waals surface area contributed by atoms with Crippen LogP contribution in [0.2, 0.25) is 0 Å². The standard InChI is InChI=1S/C17H30N4/c1-5-15-9-7-6-8-10-21(15)16-13-18-14(11-19-16)12-20-17(2,3)4/h11,13,15,20H,5-10,12H2,1-4H3. The van der Waals surface area contributed by atoms with Gasteiger partial charge < -0.3 is 10.2 Å². The maximum absolute atomic E-state index is 4.67. The molecule has 0 bridgehead atoms. The van der Waals surface area contributed by atoms with E-state index >= 15 is 0 Å². The predicted molar refractivity (Wildman–Crippen MR) is 88.5 cm³/mol. The predicted octanol–water partition coefficient (Wildman–Crippen LogP) is 3.52. The minimum Gasteiger partial charge on any atom is -0.352 e. The van der Waals surface area contributed by atoms with Gasteiger partial charge in [-0.1, -0.05) is 19.8 Å². The molecule has 118 valence electrons. The maximum Gasteiger partial charge on any atom is 0.147 e. The van der Waals surface area contributed by atoms with Crippen LogP contribution < -0.4 is 10.2 Å². The molecule has 21 heavy (non-hydrogen) atoms. The van der Waals surface area contributed by atoms with E-state index in [1.165, 1.54) is 32.1 Å². The summed E-state index contributed by atoms with van der Waals surface area (Å²) in [5.41, 5.74) is 1.12. The highest BCUT2D eigenvalue weighted by atomic mass is 15.2. The normalized spacial score (nSPS) is 20.4. The van der Waals surface area contributed by atoms with E-state index in [1.54, 1.807) is 0 Å². The minimum atomic E-state index is 0.110. The third-order valence-electron chi connectivity index (χ3n) is 4.13. The molecule has 1 N–H and O–H groups in total. The third kappa shape index (κ3) is 4.95. The van der Waals surface area contributed by atoms with Gasteiger partial charge >= 0.3 is 0 Å². The summed E-state index contributed by atoms with van der Waals surface area (Å²) < 4.78 is 0. The number of rotatable bonds is 4. The highest BCUT2D eigenvalue weighted by molar-refractivity contribution is 5.37. The Labute approximate surface area is 129 Å². The first-order chi connectivity index (χ1) is 9.99. The minimum absolute atomic E-state index is 0.110. The molecule has 2 rings (SSSR count). The molecule has 0 aliphatic carbocycles. The molecule has 1 fully saturated rings. The van der Waals surface area contributed by atoms with Gasteiger partial charge in [-0.15, -0.1) is 0 Å². The second-order valence-electron chi connectivity index (χ2n) is 7.07. The number of nitrogens with zero attached hydrogens (tertiary/aromatic N) is 3. The van der Waals surface area contributed by atoms with Crippen LogP contribution >= 0.6 is 0 Å². The average Bonchev–Trinajstić information content (AvgIpc) is 2.70. The fourth-order valence-electron chi connectivity index (χ4n) is 2.85. The Bertz CT molecular complexity index is 421. The SMILES string of the molecule is CCC1CCCCCN1c1cnc(CNC(C)(C)C)cn1. The largest absolute Gasteiger partial charge is 0.352 e. The van der Waals surface area contributed by atoms with Gasteiger partial charge in [0, 0.05) is 24.7 Å². The van der Waals surface area contributed by atoms with E-state index in [9.17, 15) is 0 Å². The van der Waals surface area contributed by atoms with Crippen LogP contribution in [0.1, 0.15) is 65.5 Å². The van der Waals surface area contributed by atoms with Crippen LogP contribution in [0.15, 0.2) is 12.4 Å². The summed E-state index contributed by atoms with van der Waals surface area (Å²) in [6.45, 7) is 10.7. The molecule has 2 heterocycles. The van der Waals surface area contributed by atoms with Crippen LogP contribution in [0.25, 0.3) is 0 Å². The summed E-state index contributed by atoms with van der Waals surface area (Å²) in [6.07, 6.45) is 10.3. The summed E-state index contributed by atoms with van der Waals surface area (Å²) in [7, 11) is 0. The van der Waals surface area contributed by atoms with Crippen molar-refractivity contribution in [1.29, 1.82) is 0 Å². The molecule has 0 amide bonds. The summed E-state index contributed by atoms with van der Waals surface area (Å²) in [5, 5.41) is 3.45. The Balaban J connectivity index is 2.03. The van der Waals surface area contributed by atoms with Crippen molar-refractivity contribution in [2.75, 3.05) is 11.4 Å². The first kappa shape index (κ1) is 16.2. The molecule has 0 radical (unpaired) electrons. The quantitative estimate of drug-likeness (QED) is 0.921. The second-order valence-corrected chi connectivity index (χ2v) is 7.07. The molecular formula is C17H30N4. The van der Waals surface area contributed by atoms with Gasteiger partial charge in [0.05, 0.1) is 18.1 Å². The zero-order valence-corrected chi connectivity index (χ0v) is 14.0. The van der Waals surface area contributed by atoms with Gasteiger partial charge in [0.25, 0.3) is 0 Å². The van der Waals surface area contributed by atoms with E-state index in [-0.39, 0.29) is 5.54 Å². The van der Waals surface area contributed by atoms with E-state index < -0.39 is 0 Å². The Morgan fingerprint density at radius 2 is 2.00 bits per heavy atom. The van der Waals surface area contributed by atoms with Crippen molar-refractivity contribution in [3.8, 4) is 0 Å². The van der Waals surface area contributed by atoms with Crippen molar-refractivity contribution in [2.24, 2.45) is 0 Å². The van der Waals surface area contributed by atoms with Gasteiger partial charge in [0.1, 0.15) is 5.82 Å². The van der Waals surface area contributed by atoms with E-state index in [0.717, 1.165) is 24.6 Å². The summed E-state index contributed by atoms with van der Waals surface area (Å²) in [4.78, 5) is 11.7. The van der Waals surface area contributed by atoms with Crippen molar-refractivity contribution in [3.63, 3.8) is 0 Å². The lowest BCUT2D eigenvalue weighted by Crippen LogP contribution is -2.36. The lowest BCUT2D eigenvalue weighted by molar-refractivity contribution is 0.421. The summed E-state index contributed by atoms with van der Waals surface area (Å²) in [5.74, 6) is 1.04. The Hall–Kier alpha value is -1.16. The Morgan fingerprint density at radius 1 is 1.19 bits per heavy atom. The fraction of sp³-hybridized carbons (Fsp3) is 0.765. The Kier molecular flexibility index (Phi) is 5.57. The molecule has 1 unspecified atom stereocenters. The van der Waals surface area contributed by atoms with Gasteiger partial charge in [-0.2, -0.15) is 0 Å². The smallest absolute Gasteiger partial charge is 0.147 e. The summed E-state index contributed by atoms with van der Waals surface area (Å²) >= 11 is 0. The highest BCUT2D eigenvalue weighted by Crippen LogP contribution is 2.23. The lowest BCUT2D eigenvalue weighted by Gasteiger charge is -2.30. The Morgan fingerprint density at radius 3 is 2.62 bits per heavy atom. The third-order valence-corrected chi connectivity index (χ3v) is 4.13. The van der Waals surface area contributed by atoms with Crippen molar-refractivity contribution >= 4 is 5.82 Å². The van der Waals surface area contributed by atoms with E-state index in [2.05, 4.69) is 47.9 Å². The zero-order valence-electron chi connectivity index (χ0n) is 14.0. The number of hydrogen-bond donors (Lipinski definition) is 1. The first-order valence-electron chi connectivity index (χ1n) is 8.32. The highest BCUT2D eigenvalue weighted by Gasteiger charge is 2.21. The molecule has 1 aromatic rings. The zero-order chi connectivity index (χ0) is 15.3. The maximum atomic E-state index is 4.67. The molecule has 1 aliphatic rings. The molecule has 1 aliphatic heterocycles. The molecule has 0 spiro atoms. The van der Waals surface area contributed by atoms with Gasteiger partial charge in [-0.3, -0.25) is 4.98 Å². The summed E-state index contributed by atoms with van der Waals surface area (Å²) in [6, 6.07) is 0.625. The number of anilines is 1. The number of nitrogens with one attached hydrogen (secondary N) is 1. The molecule has 1 atom stereocenters. The van der Waals surface area contributed by atoms with Crippen molar-refractivity contribution < 1.29 is 0 Å². The van der Waals surface area contributed by atoms with Crippen LogP contribution in [-0.2, 0) is 6.54 Å². The number of aromatic nitrogens is 2. The topological polar surface area (TPSA) is 41.1 Å². The van der Waals surface area contributed by atoms with Crippen LogP contribution in [0, 0.1) is 0 Å². The monoisotopic (exact) mass is 290 g/mol. The van der Waals surface area contributed by atoms with E-state index in [4.69, 9.17) is 0 Å². The van der Waals surface area contributed by atoms with Crippen LogP contribution in [0.5, 0.6) is 0 Å². The van der Waals surface area contributed by atoms with Crippen molar-refractivity contribution in [1.82, 2.24) is 15.3 Å². The molecule has 0 aromatic carbocycles. The molecule has 4 heteroatoms. The van der Waals surface area contributed by atoms with Gasteiger partial charge in [-0.25, -0.2) is 4.98 Å². The molecule has 1 saturated heterocycles. The van der Waals surface area contributed by atoms with E-state index in [1.807, 2.05) is 12.4 Å². The first-order valence-corrected chi connectivity index (χ1v) is 8.32. The van der Waals surface area contributed by atoms with Crippen LogP contribution in [-0.4, -0.2) is 28.1 Å². The fourth-order valence-corrected chi connectivity index (χ4v) is 2.85. The average molecular weight is 290 g/mol. The van der Waals surface area contributed by atoms with Gasteiger partial charge in [0.2, 0.25) is 0 Å². The van der Waals surface area contributed by atoms with Crippen LogP contribution in [0.3, 0.4) is 0 Å². The molecular weight excluding hydrogens is 260 g/mol. The lowest BCUT2D eigenvalue weighted by atomic mass is 10.1. The molecule has 0 saturated carbocycles. The van der Waals surface area contributed by atoms with Gasteiger partial charge in [0.15, 0.2) is 0 Å². The second kappa shape index (κ2) is 7.21. The van der Waals surface area contributed by atoms with Crippen LogP contribution in [0.4, 0.5) is 5.82 Å². The number of hydrogen-bond acceptors (Lipinski definition) is 4. The van der Waals surface area contributed by atoms with E-state index in [0.29, 0.717) is 6.04 Å². The van der Waals surface area contributed by atoms with Gasteiger partial charge in [-0.05, 0) is 40.0 Å².